The fraction of sp³-hybridized carbons (Fsp3) is 0.450. The van der Waals surface area contributed by atoms with Crippen molar-refractivity contribution in [3.05, 3.63) is 53.3 Å². The normalized spacial score (nSPS) is 17.5. The van der Waals surface area contributed by atoms with Gasteiger partial charge in [0.1, 0.15) is 0 Å². The van der Waals surface area contributed by atoms with Gasteiger partial charge in [-0.2, -0.15) is 0 Å². The van der Waals surface area contributed by atoms with Crippen LogP contribution in [0, 0.1) is 13.8 Å². The van der Waals surface area contributed by atoms with Gasteiger partial charge >= 0.3 is 0 Å². The van der Waals surface area contributed by atoms with Gasteiger partial charge in [0.25, 0.3) is 5.91 Å². The number of para-hydroxylation sites is 1. The SMILES string of the molecule is Cc1cc(C(=O)N2CCCC2CCCO)c(C)n1-c1ccccc1. The van der Waals surface area contributed by atoms with Crippen LogP contribution < -0.4 is 0 Å². The van der Waals surface area contributed by atoms with Gasteiger partial charge in [-0.05, 0) is 57.7 Å². The fourth-order valence-corrected chi connectivity index (χ4v) is 3.84. The summed E-state index contributed by atoms with van der Waals surface area (Å²) in [5.41, 5.74) is 3.96. The molecule has 1 aliphatic rings. The Balaban J connectivity index is 1.89. The van der Waals surface area contributed by atoms with E-state index in [1.165, 1.54) is 0 Å². The van der Waals surface area contributed by atoms with Crippen molar-refractivity contribution in [1.82, 2.24) is 9.47 Å². The van der Waals surface area contributed by atoms with Gasteiger partial charge in [-0.1, -0.05) is 18.2 Å². The summed E-state index contributed by atoms with van der Waals surface area (Å²) in [6.07, 6.45) is 3.75. The number of rotatable bonds is 5. The van der Waals surface area contributed by atoms with Crippen molar-refractivity contribution in [2.45, 2.75) is 45.6 Å². The standard InChI is InChI=1S/C20H26N2O2/c1-15-14-19(16(2)22(15)18-8-4-3-5-9-18)20(24)21-12-6-10-17(21)11-7-13-23/h3-5,8-9,14,17,23H,6-7,10-13H2,1-2H3. The van der Waals surface area contributed by atoms with Crippen molar-refractivity contribution in [3.8, 4) is 5.69 Å². The van der Waals surface area contributed by atoms with Crippen molar-refractivity contribution in [3.63, 3.8) is 0 Å². The molecule has 1 unspecified atom stereocenters. The maximum atomic E-state index is 13.1. The molecule has 24 heavy (non-hydrogen) atoms. The molecule has 2 aromatic rings. The lowest BCUT2D eigenvalue weighted by Crippen LogP contribution is -2.35. The highest BCUT2D eigenvalue weighted by atomic mass is 16.3. The quantitative estimate of drug-likeness (QED) is 0.914. The molecule has 1 fully saturated rings. The van der Waals surface area contributed by atoms with E-state index in [0.29, 0.717) is 0 Å². The monoisotopic (exact) mass is 326 g/mol. The molecule has 1 aromatic carbocycles. The first kappa shape index (κ1) is 16.8. The Kier molecular flexibility index (Phi) is 5.05. The van der Waals surface area contributed by atoms with Gasteiger partial charge in [0.2, 0.25) is 0 Å². The minimum atomic E-state index is 0.130. The lowest BCUT2D eigenvalue weighted by atomic mass is 10.1. The van der Waals surface area contributed by atoms with Crippen LogP contribution in [0.25, 0.3) is 5.69 Å². The largest absolute Gasteiger partial charge is 0.396 e. The Bertz CT molecular complexity index is 706. The van der Waals surface area contributed by atoms with E-state index < -0.39 is 0 Å². The van der Waals surface area contributed by atoms with Crippen LogP contribution in [0.1, 0.15) is 47.4 Å². The van der Waals surface area contributed by atoms with Gasteiger partial charge in [0.15, 0.2) is 0 Å². The van der Waals surface area contributed by atoms with Crippen molar-refractivity contribution < 1.29 is 9.90 Å². The maximum absolute atomic E-state index is 13.1. The predicted molar refractivity (Wildman–Crippen MR) is 95.6 cm³/mol. The molecular formula is C20H26N2O2. The second-order valence-corrected chi connectivity index (χ2v) is 6.62. The van der Waals surface area contributed by atoms with Crippen molar-refractivity contribution >= 4 is 5.91 Å². The first-order valence-electron chi connectivity index (χ1n) is 8.79. The van der Waals surface area contributed by atoms with Gasteiger partial charge in [-0.15, -0.1) is 0 Å². The number of aliphatic hydroxyl groups excluding tert-OH is 1. The molecule has 1 aromatic heterocycles. The molecule has 0 bridgehead atoms. The molecule has 2 heterocycles. The van der Waals surface area contributed by atoms with Crippen LogP contribution >= 0.6 is 0 Å². The van der Waals surface area contributed by atoms with Gasteiger partial charge in [0.05, 0.1) is 5.56 Å². The number of aromatic nitrogens is 1. The third kappa shape index (κ3) is 3.11. The summed E-state index contributed by atoms with van der Waals surface area (Å²) in [7, 11) is 0. The number of aryl methyl sites for hydroxylation is 1. The highest BCUT2D eigenvalue weighted by Crippen LogP contribution is 2.27. The molecule has 4 nitrogen and oxygen atoms in total. The van der Waals surface area contributed by atoms with E-state index in [1.54, 1.807) is 0 Å². The van der Waals surface area contributed by atoms with E-state index >= 15 is 0 Å². The Morgan fingerprint density at radius 3 is 2.71 bits per heavy atom. The number of benzene rings is 1. The molecule has 3 rings (SSSR count). The number of nitrogens with zero attached hydrogens (tertiary/aromatic N) is 2. The lowest BCUT2D eigenvalue weighted by Gasteiger charge is -2.24. The molecule has 0 saturated carbocycles. The Morgan fingerprint density at radius 2 is 2.00 bits per heavy atom. The number of amides is 1. The summed E-state index contributed by atoms with van der Waals surface area (Å²) in [6.45, 7) is 5.08. The summed E-state index contributed by atoms with van der Waals surface area (Å²) in [4.78, 5) is 15.1. The van der Waals surface area contributed by atoms with Gasteiger partial charge in [0, 0.05) is 36.3 Å². The third-order valence-electron chi connectivity index (χ3n) is 5.01. The number of hydrogen-bond acceptors (Lipinski definition) is 2. The second kappa shape index (κ2) is 7.22. The van der Waals surface area contributed by atoms with E-state index in [9.17, 15) is 4.79 Å². The van der Waals surface area contributed by atoms with Crippen molar-refractivity contribution in [2.75, 3.05) is 13.2 Å². The van der Waals surface area contributed by atoms with E-state index in [2.05, 4.69) is 16.7 Å². The van der Waals surface area contributed by atoms with Gasteiger partial charge < -0.3 is 14.6 Å². The molecule has 0 radical (unpaired) electrons. The smallest absolute Gasteiger partial charge is 0.255 e. The van der Waals surface area contributed by atoms with E-state index in [-0.39, 0.29) is 18.6 Å². The Hall–Kier alpha value is -2.07. The Morgan fingerprint density at radius 1 is 1.25 bits per heavy atom. The Labute approximate surface area is 143 Å². The van der Waals surface area contributed by atoms with E-state index in [1.807, 2.05) is 43.0 Å². The summed E-state index contributed by atoms with van der Waals surface area (Å²) in [5.74, 6) is 0.130. The average Bonchev–Trinajstić information content (AvgIpc) is 3.17. The zero-order valence-corrected chi connectivity index (χ0v) is 14.5. The van der Waals surface area contributed by atoms with Gasteiger partial charge in [-0.3, -0.25) is 4.79 Å². The summed E-state index contributed by atoms with van der Waals surface area (Å²) >= 11 is 0. The number of aliphatic hydroxyl groups is 1. The first-order valence-corrected chi connectivity index (χ1v) is 8.79. The lowest BCUT2D eigenvalue weighted by molar-refractivity contribution is 0.0723. The molecule has 1 amide bonds. The molecule has 0 aliphatic carbocycles. The molecular weight excluding hydrogens is 300 g/mol. The average molecular weight is 326 g/mol. The number of carbonyl (C=O) groups is 1. The zero-order valence-electron chi connectivity index (χ0n) is 14.5. The van der Waals surface area contributed by atoms with E-state index in [4.69, 9.17) is 5.11 Å². The minimum Gasteiger partial charge on any atom is -0.396 e. The number of hydrogen-bond donors (Lipinski definition) is 1. The van der Waals surface area contributed by atoms with Crippen LogP contribution in [0.5, 0.6) is 0 Å². The van der Waals surface area contributed by atoms with Crippen LogP contribution in [0.3, 0.4) is 0 Å². The maximum Gasteiger partial charge on any atom is 0.255 e. The van der Waals surface area contributed by atoms with Gasteiger partial charge in [-0.25, -0.2) is 0 Å². The molecule has 1 aliphatic heterocycles. The minimum absolute atomic E-state index is 0.130. The highest BCUT2D eigenvalue weighted by molar-refractivity contribution is 5.96. The molecule has 1 N–H and O–H groups in total. The topological polar surface area (TPSA) is 45.5 Å². The number of carbonyl (C=O) groups excluding carboxylic acids is 1. The molecule has 1 saturated heterocycles. The highest BCUT2D eigenvalue weighted by Gasteiger charge is 2.30. The zero-order chi connectivity index (χ0) is 17.1. The molecule has 0 spiro atoms. The van der Waals surface area contributed by atoms with E-state index in [0.717, 1.165) is 54.9 Å². The summed E-state index contributed by atoms with van der Waals surface area (Å²) in [6, 6.07) is 12.4. The summed E-state index contributed by atoms with van der Waals surface area (Å²) < 4.78 is 2.14. The van der Waals surface area contributed by atoms with Crippen LogP contribution in [0.4, 0.5) is 0 Å². The first-order chi connectivity index (χ1) is 11.6. The molecule has 1 atom stereocenters. The van der Waals surface area contributed by atoms with Crippen LogP contribution in [-0.2, 0) is 0 Å². The molecule has 128 valence electrons. The third-order valence-corrected chi connectivity index (χ3v) is 5.01. The number of likely N-dealkylation sites (tertiary alicyclic amines) is 1. The van der Waals surface area contributed by atoms with Crippen molar-refractivity contribution in [2.24, 2.45) is 0 Å². The van der Waals surface area contributed by atoms with Crippen LogP contribution in [0.2, 0.25) is 0 Å². The fourth-order valence-electron chi connectivity index (χ4n) is 3.84. The van der Waals surface area contributed by atoms with Crippen LogP contribution in [0.15, 0.2) is 36.4 Å². The summed E-state index contributed by atoms with van der Waals surface area (Å²) in [5, 5.41) is 9.07. The van der Waals surface area contributed by atoms with Crippen LogP contribution in [-0.4, -0.2) is 39.7 Å². The second-order valence-electron chi connectivity index (χ2n) is 6.62. The van der Waals surface area contributed by atoms with Crippen molar-refractivity contribution in [1.29, 1.82) is 0 Å². The predicted octanol–water partition coefficient (Wildman–Crippen LogP) is 3.47. The molecule has 4 heteroatoms.